The summed E-state index contributed by atoms with van der Waals surface area (Å²) < 4.78 is 22.1. The first-order valence-corrected chi connectivity index (χ1v) is 9.79. The van der Waals surface area contributed by atoms with Crippen molar-refractivity contribution in [3.63, 3.8) is 0 Å². The highest BCUT2D eigenvalue weighted by molar-refractivity contribution is 6.32. The van der Waals surface area contributed by atoms with E-state index in [0.29, 0.717) is 41.4 Å². The van der Waals surface area contributed by atoms with E-state index < -0.39 is 5.97 Å². The number of hydrogen-bond donors (Lipinski definition) is 0. The van der Waals surface area contributed by atoms with Crippen LogP contribution in [-0.2, 0) is 16.1 Å². The van der Waals surface area contributed by atoms with Crippen molar-refractivity contribution in [3.8, 4) is 17.2 Å². The van der Waals surface area contributed by atoms with Gasteiger partial charge in [-0.2, -0.15) is 0 Å². The van der Waals surface area contributed by atoms with E-state index in [9.17, 15) is 4.79 Å². The zero-order valence-corrected chi connectivity index (χ0v) is 17.2. The monoisotopic (exact) mass is 404 g/mol. The molecule has 0 radical (unpaired) electrons. The van der Waals surface area contributed by atoms with Crippen molar-refractivity contribution in [3.05, 3.63) is 52.0 Å². The smallest absolute Gasteiger partial charge is 0.344 e. The van der Waals surface area contributed by atoms with Crippen LogP contribution < -0.4 is 14.2 Å². The average Bonchev–Trinajstić information content (AvgIpc) is 2.90. The molecule has 0 atom stereocenters. The van der Waals surface area contributed by atoms with Gasteiger partial charge in [-0.25, -0.2) is 4.79 Å². The number of ether oxygens (including phenoxy) is 4. The third kappa shape index (κ3) is 5.10. The molecule has 0 amide bonds. The predicted molar refractivity (Wildman–Crippen MR) is 108 cm³/mol. The van der Waals surface area contributed by atoms with E-state index in [-0.39, 0.29) is 13.2 Å². The minimum atomic E-state index is -0.450. The molecule has 0 spiro atoms. The first-order chi connectivity index (χ1) is 13.4. The first kappa shape index (κ1) is 20.3. The van der Waals surface area contributed by atoms with E-state index in [1.807, 2.05) is 25.1 Å². The molecule has 0 saturated carbocycles. The highest BCUT2D eigenvalue weighted by Gasteiger charge is 2.16. The number of hydrogen-bond acceptors (Lipinski definition) is 5. The van der Waals surface area contributed by atoms with Crippen LogP contribution in [0, 0.1) is 6.92 Å². The molecule has 0 aromatic heterocycles. The molecule has 0 aliphatic carbocycles. The lowest BCUT2D eigenvalue weighted by Gasteiger charge is -2.13. The van der Waals surface area contributed by atoms with Gasteiger partial charge in [0.2, 0.25) is 0 Å². The van der Waals surface area contributed by atoms with E-state index in [2.05, 4.69) is 13.8 Å². The third-order valence-corrected chi connectivity index (χ3v) is 4.76. The van der Waals surface area contributed by atoms with Crippen LogP contribution in [0.5, 0.6) is 17.2 Å². The molecule has 1 aliphatic heterocycles. The van der Waals surface area contributed by atoms with E-state index in [0.717, 1.165) is 17.5 Å². The topological polar surface area (TPSA) is 54.0 Å². The number of esters is 1. The van der Waals surface area contributed by atoms with Gasteiger partial charge in [-0.05, 0) is 53.8 Å². The maximum absolute atomic E-state index is 12.0. The molecular weight excluding hydrogens is 380 g/mol. The van der Waals surface area contributed by atoms with Crippen LogP contribution in [0.15, 0.2) is 30.3 Å². The molecule has 28 heavy (non-hydrogen) atoms. The number of carbonyl (C=O) groups is 1. The number of fused-ring (bicyclic) bond motifs is 1. The zero-order chi connectivity index (χ0) is 20.1. The average molecular weight is 405 g/mol. The van der Waals surface area contributed by atoms with Crippen LogP contribution in [0.3, 0.4) is 0 Å². The Morgan fingerprint density at radius 2 is 1.96 bits per heavy atom. The van der Waals surface area contributed by atoms with Crippen LogP contribution in [0.1, 0.15) is 42.9 Å². The number of halogens is 1. The summed E-state index contributed by atoms with van der Waals surface area (Å²) in [6.45, 7) is 7.39. The lowest BCUT2D eigenvalue weighted by molar-refractivity contribution is -0.147. The van der Waals surface area contributed by atoms with Gasteiger partial charge < -0.3 is 18.9 Å². The Balaban J connectivity index is 1.54. The Labute approximate surface area is 170 Å². The minimum Gasteiger partial charge on any atom is -0.489 e. The van der Waals surface area contributed by atoms with Gasteiger partial charge in [0, 0.05) is 6.42 Å². The molecule has 3 rings (SSSR count). The van der Waals surface area contributed by atoms with Crippen molar-refractivity contribution in [2.24, 2.45) is 0 Å². The molecule has 0 unspecified atom stereocenters. The van der Waals surface area contributed by atoms with E-state index >= 15 is 0 Å². The van der Waals surface area contributed by atoms with Crippen molar-refractivity contribution in [1.29, 1.82) is 0 Å². The van der Waals surface area contributed by atoms with Gasteiger partial charge >= 0.3 is 5.97 Å². The summed E-state index contributed by atoms with van der Waals surface area (Å²) in [7, 11) is 0. The Hall–Kier alpha value is -2.40. The number of benzene rings is 2. The highest BCUT2D eigenvalue weighted by atomic mass is 35.5. The molecule has 6 heteroatoms. The van der Waals surface area contributed by atoms with Crippen LogP contribution >= 0.6 is 11.6 Å². The van der Waals surface area contributed by atoms with Crippen LogP contribution in [0.25, 0.3) is 0 Å². The van der Waals surface area contributed by atoms with Crippen molar-refractivity contribution in [1.82, 2.24) is 0 Å². The highest BCUT2D eigenvalue weighted by Crippen LogP contribution is 2.38. The van der Waals surface area contributed by atoms with Gasteiger partial charge in [0.1, 0.15) is 12.4 Å². The Kier molecular flexibility index (Phi) is 6.68. The van der Waals surface area contributed by atoms with Crippen molar-refractivity contribution < 1.29 is 23.7 Å². The summed E-state index contributed by atoms with van der Waals surface area (Å²) in [6.07, 6.45) is 0.796. The maximum atomic E-state index is 12.0. The Bertz CT molecular complexity index is 847. The van der Waals surface area contributed by atoms with Crippen LogP contribution in [0.2, 0.25) is 5.02 Å². The fourth-order valence-electron chi connectivity index (χ4n) is 3.10. The molecule has 0 fully saturated rings. The molecule has 1 heterocycles. The quantitative estimate of drug-likeness (QED) is 0.630. The standard InChI is InChI=1S/C22H25ClO5/c1-14(2)18-6-5-17(9-15(18)3)27-13-21(24)28-12-16-10-19(23)22-20(11-16)25-7-4-8-26-22/h5-6,9-11,14H,4,7-8,12-13H2,1-3H3. The Morgan fingerprint density at radius 3 is 2.71 bits per heavy atom. The second kappa shape index (κ2) is 9.20. The fourth-order valence-corrected chi connectivity index (χ4v) is 3.39. The van der Waals surface area contributed by atoms with Gasteiger partial charge in [-0.15, -0.1) is 0 Å². The summed E-state index contributed by atoms with van der Waals surface area (Å²) >= 11 is 6.26. The van der Waals surface area contributed by atoms with Gasteiger partial charge in [0.05, 0.1) is 18.2 Å². The number of carbonyl (C=O) groups excluding carboxylic acids is 1. The molecule has 1 aliphatic rings. The number of aryl methyl sites for hydroxylation is 1. The predicted octanol–water partition coefficient (Wildman–Crippen LogP) is 5.06. The second-order valence-electron chi connectivity index (χ2n) is 7.08. The molecule has 0 bridgehead atoms. The van der Waals surface area contributed by atoms with Crippen LogP contribution in [-0.4, -0.2) is 25.8 Å². The molecule has 5 nitrogen and oxygen atoms in total. The third-order valence-electron chi connectivity index (χ3n) is 4.48. The molecule has 2 aromatic rings. The second-order valence-corrected chi connectivity index (χ2v) is 7.49. The van der Waals surface area contributed by atoms with E-state index in [1.165, 1.54) is 5.56 Å². The normalized spacial score (nSPS) is 13.2. The summed E-state index contributed by atoms with van der Waals surface area (Å²) in [5.41, 5.74) is 3.14. The minimum absolute atomic E-state index is 0.0872. The van der Waals surface area contributed by atoms with Gasteiger partial charge in [-0.1, -0.05) is 31.5 Å². The van der Waals surface area contributed by atoms with E-state index in [1.54, 1.807) is 12.1 Å². The fraction of sp³-hybridized carbons (Fsp3) is 0.409. The van der Waals surface area contributed by atoms with Crippen molar-refractivity contribution in [2.75, 3.05) is 19.8 Å². The molecule has 2 aromatic carbocycles. The van der Waals surface area contributed by atoms with E-state index in [4.69, 9.17) is 30.5 Å². The maximum Gasteiger partial charge on any atom is 0.344 e. The SMILES string of the molecule is Cc1cc(OCC(=O)OCc2cc(Cl)c3c(c2)OCCCO3)ccc1C(C)C. The summed E-state index contributed by atoms with van der Waals surface area (Å²) in [5.74, 6) is 1.76. The van der Waals surface area contributed by atoms with Crippen molar-refractivity contribution in [2.45, 2.75) is 39.7 Å². The van der Waals surface area contributed by atoms with Gasteiger partial charge in [0.25, 0.3) is 0 Å². The van der Waals surface area contributed by atoms with Gasteiger partial charge in [-0.3, -0.25) is 0 Å². The van der Waals surface area contributed by atoms with Gasteiger partial charge in [0.15, 0.2) is 18.1 Å². The summed E-state index contributed by atoms with van der Waals surface area (Å²) in [4.78, 5) is 12.0. The molecular formula is C22H25ClO5. The summed E-state index contributed by atoms with van der Waals surface area (Å²) in [6, 6.07) is 9.34. The zero-order valence-electron chi connectivity index (χ0n) is 16.4. The lowest BCUT2D eigenvalue weighted by Crippen LogP contribution is -2.15. The first-order valence-electron chi connectivity index (χ1n) is 9.41. The number of rotatable bonds is 6. The van der Waals surface area contributed by atoms with Crippen molar-refractivity contribution >= 4 is 17.6 Å². The lowest BCUT2D eigenvalue weighted by atomic mass is 9.98. The summed E-state index contributed by atoms with van der Waals surface area (Å²) in [5, 5.41) is 0.447. The Morgan fingerprint density at radius 1 is 1.18 bits per heavy atom. The largest absolute Gasteiger partial charge is 0.489 e. The molecule has 0 saturated heterocycles. The molecule has 0 N–H and O–H groups in total. The van der Waals surface area contributed by atoms with Crippen LogP contribution in [0.4, 0.5) is 0 Å². The molecule has 150 valence electrons.